The summed E-state index contributed by atoms with van der Waals surface area (Å²) >= 11 is 12.0. The van der Waals surface area contributed by atoms with Crippen molar-refractivity contribution in [3.63, 3.8) is 0 Å². The molecular weight excluding hydrogens is 265 g/mol. The topological polar surface area (TPSA) is 12.0 Å². The summed E-state index contributed by atoms with van der Waals surface area (Å²) in [5.74, 6) is 0. The highest BCUT2D eigenvalue weighted by atomic mass is 35.5. The molecule has 18 heavy (non-hydrogen) atoms. The van der Waals surface area contributed by atoms with Crippen molar-refractivity contribution in [2.45, 2.75) is 18.9 Å². The Bertz CT molecular complexity index is 580. The second kappa shape index (κ2) is 4.83. The first kappa shape index (κ1) is 11.9. The largest absolute Gasteiger partial charge is 0.378 e. The summed E-state index contributed by atoms with van der Waals surface area (Å²) < 4.78 is 0. The fourth-order valence-electron chi connectivity index (χ4n) is 2.42. The minimum atomic E-state index is 0.315. The Balaban J connectivity index is 1.89. The van der Waals surface area contributed by atoms with E-state index in [1.54, 1.807) is 0 Å². The predicted octanol–water partition coefficient (Wildman–Crippen LogP) is 5.09. The van der Waals surface area contributed by atoms with Crippen molar-refractivity contribution in [3.8, 4) is 0 Å². The number of fused-ring (bicyclic) bond motifs is 1. The van der Waals surface area contributed by atoms with Gasteiger partial charge in [-0.3, -0.25) is 0 Å². The van der Waals surface area contributed by atoms with Crippen LogP contribution in [0, 0.1) is 0 Å². The smallest absolute Gasteiger partial charge is 0.0595 e. The quantitative estimate of drug-likeness (QED) is 0.765. The molecule has 0 radical (unpaired) electrons. The number of rotatable bonds is 1. The van der Waals surface area contributed by atoms with Gasteiger partial charge in [-0.15, -0.1) is 0 Å². The zero-order chi connectivity index (χ0) is 12.5. The van der Waals surface area contributed by atoms with Crippen LogP contribution in [0.15, 0.2) is 42.5 Å². The Morgan fingerprint density at radius 1 is 1.00 bits per heavy atom. The van der Waals surface area contributed by atoms with E-state index < -0.39 is 0 Å². The van der Waals surface area contributed by atoms with Gasteiger partial charge < -0.3 is 5.32 Å². The molecule has 1 N–H and O–H groups in total. The van der Waals surface area contributed by atoms with Crippen molar-refractivity contribution in [3.05, 3.63) is 63.6 Å². The minimum absolute atomic E-state index is 0.315. The number of halogens is 2. The van der Waals surface area contributed by atoms with Gasteiger partial charge in [-0.2, -0.15) is 0 Å². The Labute approximate surface area is 117 Å². The normalized spacial score (nSPS) is 18.0. The molecule has 3 heteroatoms. The maximum Gasteiger partial charge on any atom is 0.0595 e. The van der Waals surface area contributed by atoms with Gasteiger partial charge in [-0.1, -0.05) is 47.5 Å². The van der Waals surface area contributed by atoms with E-state index in [9.17, 15) is 0 Å². The lowest BCUT2D eigenvalue weighted by Gasteiger charge is -2.27. The standard InChI is InChI=1S/C15H13Cl2N/c16-12-7-5-11(9-13(12)17)15-8-6-10-3-1-2-4-14(10)18-15/h1-5,7,9,15,18H,6,8H2. The van der Waals surface area contributed by atoms with Gasteiger partial charge in [-0.05, 0) is 42.2 Å². The summed E-state index contributed by atoms with van der Waals surface area (Å²) in [5.41, 5.74) is 3.80. The first-order valence-corrected chi connectivity index (χ1v) is 6.79. The number of hydrogen-bond donors (Lipinski definition) is 1. The first-order chi connectivity index (χ1) is 8.74. The molecule has 0 spiro atoms. The summed E-state index contributed by atoms with van der Waals surface area (Å²) in [5, 5.41) is 4.79. The monoisotopic (exact) mass is 277 g/mol. The Hall–Kier alpha value is -1.18. The van der Waals surface area contributed by atoms with E-state index in [-0.39, 0.29) is 0 Å². The van der Waals surface area contributed by atoms with Crippen LogP contribution in [0.2, 0.25) is 10.0 Å². The van der Waals surface area contributed by atoms with E-state index in [1.165, 1.54) is 16.8 Å². The molecule has 3 rings (SSSR count). The molecule has 0 saturated heterocycles. The summed E-state index contributed by atoms with van der Waals surface area (Å²) in [4.78, 5) is 0. The fraction of sp³-hybridized carbons (Fsp3) is 0.200. The van der Waals surface area contributed by atoms with E-state index in [2.05, 4.69) is 29.6 Å². The third-order valence-corrected chi connectivity index (χ3v) is 4.13. The summed E-state index contributed by atoms with van der Waals surface area (Å²) in [6, 6.07) is 14.6. The predicted molar refractivity (Wildman–Crippen MR) is 77.6 cm³/mol. The van der Waals surface area contributed by atoms with E-state index in [0.29, 0.717) is 16.1 Å². The van der Waals surface area contributed by atoms with Crippen LogP contribution in [0.1, 0.15) is 23.6 Å². The Morgan fingerprint density at radius 3 is 2.67 bits per heavy atom. The summed E-state index contributed by atoms with van der Waals surface area (Å²) in [6.45, 7) is 0. The van der Waals surface area contributed by atoms with Crippen LogP contribution < -0.4 is 5.32 Å². The minimum Gasteiger partial charge on any atom is -0.378 e. The molecule has 0 aliphatic carbocycles. The number of aryl methyl sites for hydroxylation is 1. The maximum atomic E-state index is 6.07. The highest BCUT2D eigenvalue weighted by molar-refractivity contribution is 6.42. The van der Waals surface area contributed by atoms with Crippen LogP contribution >= 0.6 is 23.2 Å². The van der Waals surface area contributed by atoms with Crippen molar-refractivity contribution >= 4 is 28.9 Å². The third-order valence-electron chi connectivity index (χ3n) is 3.40. The number of nitrogens with one attached hydrogen (secondary N) is 1. The molecule has 2 aromatic carbocycles. The van der Waals surface area contributed by atoms with Crippen molar-refractivity contribution in [1.29, 1.82) is 0 Å². The summed E-state index contributed by atoms with van der Waals surface area (Å²) in [7, 11) is 0. The van der Waals surface area contributed by atoms with Crippen molar-refractivity contribution in [2.75, 3.05) is 5.32 Å². The highest BCUT2D eigenvalue weighted by Gasteiger charge is 2.19. The van der Waals surface area contributed by atoms with Crippen LogP contribution in [0.25, 0.3) is 0 Å². The van der Waals surface area contributed by atoms with Gasteiger partial charge in [-0.25, -0.2) is 0 Å². The zero-order valence-electron chi connectivity index (χ0n) is 9.79. The second-order valence-electron chi connectivity index (χ2n) is 4.57. The molecule has 1 aliphatic rings. The molecule has 0 fully saturated rings. The van der Waals surface area contributed by atoms with E-state index in [1.807, 2.05) is 18.2 Å². The molecule has 92 valence electrons. The van der Waals surface area contributed by atoms with Crippen molar-refractivity contribution in [2.24, 2.45) is 0 Å². The average Bonchev–Trinajstić information content (AvgIpc) is 2.41. The molecular formula is C15H13Cl2N. The number of benzene rings is 2. The van der Waals surface area contributed by atoms with Crippen LogP contribution in [-0.4, -0.2) is 0 Å². The van der Waals surface area contributed by atoms with Gasteiger partial charge >= 0.3 is 0 Å². The van der Waals surface area contributed by atoms with Crippen LogP contribution in [-0.2, 0) is 6.42 Å². The maximum absolute atomic E-state index is 6.07. The van der Waals surface area contributed by atoms with E-state index in [4.69, 9.17) is 23.2 Å². The molecule has 1 unspecified atom stereocenters. The lowest BCUT2D eigenvalue weighted by Crippen LogP contribution is -2.17. The van der Waals surface area contributed by atoms with Crippen LogP contribution in [0.4, 0.5) is 5.69 Å². The molecule has 0 saturated carbocycles. The Kier molecular flexibility index (Phi) is 3.19. The lowest BCUT2D eigenvalue weighted by molar-refractivity contribution is 0.668. The van der Waals surface area contributed by atoms with Crippen molar-refractivity contribution in [1.82, 2.24) is 0 Å². The average molecular weight is 278 g/mol. The fourth-order valence-corrected chi connectivity index (χ4v) is 2.72. The molecule has 0 aromatic heterocycles. The van der Waals surface area contributed by atoms with Gasteiger partial charge in [0, 0.05) is 5.69 Å². The highest BCUT2D eigenvalue weighted by Crippen LogP contribution is 2.34. The molecule has 1 nitrogen and oxygen atoms in total. The van der Waals surface area contributed by atoms with E-state index in [0.717, 1.165) is 12.8 Å². The lowest BCUT2D eigenvalue weighted by atomic mass is 9.93. The molecule has 0 amide bonds. The zero-order valence-corrected chi connectivity index (χ0v) is 11.3. The molecule has 1 aliphatic heterocycles. The Morgan fingerprint density at radius 2 is 1.83 bits per heavy atom. The number of para-hydroxylation sites is 1. The first-order valence-electron chi connectivity index (χ1n) is 6.03. The second-order valence-corrected chi connectivity index (χ2v) is 5.38. The number of hydrogen-bond acceptors (Lipinski definition) is 1. The molecule has 1 atom stereocenters. The van der Waals surface area contributed by atoms with Crippen LogP contribution in [0.3, 0.4) is 0 Å². The molecule has 0 bridgehead atoms. The van der Waals surface area contributed by atoms with E-state index >= 15 is 0 Å². The molecule has 1 heterocycles. The third kappa shape index (κ3) is 2.21. The SMILES string of the molecule is Clc1ccc(C2CCc3ccccc3N2)cc1Cl. The number of anilines is 1. The van der Waals surface area contributed by atoms with Gasteiger partial charge in [0.15, 0.2) is 0 Å². The summed E-state index contributed by atoms with van der Waals surface area (Å²) in [6.07, 6.45) is 2.17. The van der Waals surface area contributed by atoms with Gasteiger partial charge in [0.25, 0.3) is 0 Å². The van der Waals surface area contributed by atoms with Crippen LogP contribution in [0.5, 0.6) is 0 Å². The van der Waals surface area contributed by atoms with Gasteiger partial charge in [0.1, 0.15) is 0 Å². The van der Waals surface area contributed by atoms with Gasteiger partial charge in [0.05, 0.1) is 16.1 Å². The molecule has 2 aromatic rings. The van der Waals surface area contributed by atoms with Crippen molar-refractivity contribution < 1.29 is 0 Å². The van der Waals surface area contributed by atoms with Gasteiger partial charge in [0.2, 0.25) is 0 Å².